The number of hydrogen-bond acceptors (Lipinski definition) is 10. The molecule has 56 heavy (non-hydrogen) atoms. The average Bonchev–Trinajstić information content (AvgIpc) is 3.88. The lowest BCUT2D eigenvalue weighted by Crippen LogP contribution is -1.97. The van der Waals surface area contributed by atoms with Crippen LogP contribution in [0.2, 0.25) is 0 Å². The molecular formula is C42H24N4O10. The number of phenolic OH excluding ortho intramolecular Hbond substituents is 4. The van der Waals surface area contributed by atoms with Crippen LogP contribution in [0.5, 0.6) is 23.0 Å². The summed E-state index contributed by atoms with van der Waals surface area (Å²) < 4.78 is 0. The summed E-state index contributed by atoms with van der Waals surface area (Å²) in [6, 6.07) is 20.1. The Morgan fingerprint density at radius 1 is 0.446 bits per heavy atom. The van der Waals surface area contributed by atoms with Crippen molar-refractivity contribution in [1.29, 1.82) is 0 Å². The van der Waals surface area contributed by atoms with Gasteiger partial charge >= 0.3 is 17.9 Å². The number of fused-ring (bicyclic) bond motifs is 14. The number of rotatable bonds is 4. The molecule has 0 unspecified atom stereocenters. The molecule has 12 bridgehead atoms. The van der Waals surface area contributed by atoms with E-state index >= 15 is 0 Å². The summed E-state index contributed by atoms with van der Waals surface area (Å²) in [5.41, 5.74) is 2.11. The fourth-order valence-electron chi connectivity index (χ4n) is 7.09. The molecule has 0 saturated carbocycles. The Labute approximate surface area is 312 Å². The van der Waals surface area contributed by atoms with E-state index in [0.717, 1.165) is 0 Å². The normalized spacial score (nSPS) is 11.9. The molecule has 0 spiro atoms. The van der Waals surface area contributed by atoms with Crippen molar-refractivity contribution in [3.8, 4) is 34.1 Å². The third-order valence-electron chi connectivity index (χ3n) is 9.85. The van der Waals surface area contributed by atoms with Crippen LogP contribution < -0.4 is 0 Å². The van der Waals surface area contributed by atoms with Gasteiger partial charge in [0.05, 0.1) is 39.1 Å². The van der Waals surface area contributed by atoms with E-state index in [1.165, 1.54) is 60.7 Å². The van der Waals surface area contributed by atoms with E-state index in [9.17, 15) is 50.1 Å². The lowest BCUT2D eigenvalue weighted by Gasteiger charge is -2.10. The molecule has 8 aromatic rings. The zero-order valence-electron chi connectivity index (χ0n) is 28.4. The van der Waals surface area contributed by atoms with Gasteiger partial charge in [-0.25, -0.2) is 29.3 Å². The van der Waals surface area contributed by atoms with Crippen molar-refractivity contribution >= 4 is 95.5 Å². The summed E-state index contributed by atoms with van der Waals surface area (Å²) in [5, 5.41) is 75.8. The van der Waals surface area contributed by atoms with E-state index in [1.54, 1.807) is 36.4 Å². The monoisotopic (exact) mass is 744 g/mol. The van der Waals surface area contributed by atoms with Crippen LogP contribution in [0.4, 0.5) is 0 Å². The molecule has 0 fully saturated rings. The molecule has 0 atom stereocenters. The van der Waals surface area contributed by atoms with Gasteiger partial charge in [0.2, 0.25) is 0 Å². The first-order valence-electron chi connectivity index (χ1n) is 16.8. The van der Waals surface area contributed by atoms with Gasteiger partial charge in [-0.05, 0) is 90.5 Å². The van der Waals surface area contributed by atoms with Gasteiger partial charge in [-0.2, -0.15) is 0 Å². The number of aromatic amines is 1. The molecule has 0 saturated heterocycles. The Hall–Kier alpha value is -8.26. The molecule has 1 aliphatic rings. The maximum Gasteiger partial charge on any atom is 0.335 e. The van der Waals surface area contributed by atoms with Crippen LogP contribution in [-0.4, -0.2) is 73.6 Å². The minimum Gasteiger partial charge on any atom is -0.507 e. The summed E-state index contributed by atoms with van der Waals surface area (Å²) in [4.78, 5) is 54.1. The number of carbonyl (C=O) groups is 3. The van der Waals surface area contributed by atoms with Gasteiger partial charge in [0, 0.05) is 48.9 Å². The van der Waals surface area contributed by atoms with E-state index in [4.69, 9.17) is 15.0 Å². The number of phenols is 4. The Bertz CT molecular complexity index is 3280. The van der Waals surface area contributed by atoms with Crippen molar-refractivity contribution in [3.63, 3.8) is 0 Å². The number of H-pyrrole nitrogens is 1. The van der Waals surface area contributed by atoms with E-state index in [1.807, 2.05) is 0 Å². The SMILES string of the molecule is O=C(O)c1ccc(-c2c3nc(c4cc(C(=O)O)cc(c4O)c4ccc5c(O)c(O)c6ccc(nc6c5n4)c4cc(C(=O)O)cc(c4O)c4ccc2[nH]4)C=C3)cc1. The van der Waals surface area contributed by atoms with E-state index in [2.05, 4.69) is 4.98 Å². The fourth-order valence-corrected chi connectivity index (χ4v) is 7.09. The standard InChI is InChI=1S/C42H24N4O10/c47-36-23-13-19(41(53)54)15-25(36)29-7-5-21-34(45-29)35-22(39(50)38(21)49)6-8-30(46-35)26-16-20(42(55)56)14-24(37(26)48)28-10-12-32(44-28)33(31-11-9-27(23)43-31)17-1-3-18(4-2-17)40(51)52/h1-16,43,47-50H,(H,51,52)(H,53,54)(H,55,56). The Morgan fingerprint density at radius 2 is 0.929 bits per heavy atom. The van der Waals surface area contributed by atoms with Gasteiger partial charge in [0.15, 0.2) is 11.5 Å². The average molecular weight is 745 g/mol. The number of nitrogens with zero attached hydrogens (tertiary/aromatic N) is 3. The number of hydrogen-bond donors (Lipinski definition) is 8. The van der Waals surface area contributed by atoms with Gasteiger partial charge in [0.25, 0.3) is 0 Å². The second kappa shape index (κ2) is 12.1. The minimum absolute atomic E-state index is 0.0000496. The second-order valence-electron chi connectivity index (χ2n) is 13.1. The fraction of sp³-hybridized carbons (Fsp3) is 0. The van der Waals surface area contributed by atoms with Gasteiger partial charge < -0.3 is 40.7 Å². The lowest BCUT2D eigenvalue weighted by molar-refractivity contribution is 0.0686. The Balaban J connectivity index is 1.54. The number of carboxylic acids is 3. The Morgan fingerprint density at radius 3 is 1.48 bits per heavy atom. The maximum absolute atomic E-state index is 12.5. The molecule has 0 radical (unpaired) electrons. The maximum atomic E-state index is 12.5. The van der Waals surface area contributed by atoms with Gasteiger partial charge in [-0.15, -0.1) is 0 Å². The second-order valence-corrected chi connectivity index (χ2v) is 13.1. The zero-order valence-corrected chi connectivity index (χ0v) is 28.4. The molecule has 4 aromatic carbocycles. The number of carboxylic acid groups (broad SMARTS) is 3. The molecule has 14 heteroatoms. The highest BCUT2D eigenvalue weighted by Gasteiger charge is 2.20. The van der Waals surface area contributed by atoms with E-state index < -0.39 is 29.4 Å². The summed E-state index contributed by atoms with van der Waals surface area (Å²) in [7, 11) is 0. The molecule has 14 nitrogen and oxygen atoms in total. The van der Waals surface area contributed by atoms with Crippen molar-refractivity contribution in [2.24, 2.45) is 0 Å². The van der Waals surface area contributed by atoms with Crippen LogP contribution in [0.25, 0.3) is 88.7 Å². The summed E-state index contributed by atoms with van der Waals surface area (Å²) in [5.74, 6) is -5.44. The van der Waals surface area contributed by atoms with Crippen molar-refractivity contribution in [2.75, 3.05) is 0 Å². The highest BCUT2D eigenvalue weighted by Crippen LogP contribution is 2.43. The van der Waals surface area contributed by atoms with Crippen LogP contribution in [0.3, 0.4) is 0 Å². The largest absolute Gasteiger partial charge is 0.507 e. The third kappa shape index (κ3) is 5.12. The van der Waals surface area contributed by atoms with E-state index in [0.29, 0.717) is 27.9 Å². The summed E-state index contributed by atoms with van der Waals surface area (Å²) >= 11 is 0. The Kier molecular flexibility index (Phi) is 7.28. The van der Waals surface area contributed by atoms with Crippen LogP contribution >= 0.6 is 0 Å². The van der Waals surface area contributed by atoms with E-state index in [-0.39, 0.29) is 88.3 Å². The minimum atomic E-state index is -1.30. The number of pyridine rings is 2. The van der Waals surface area contributed by atoms with Crippen molar-refractivity contribution in [2.45, 2.75) is 0 Å². The van der Waals surface area contributed by atoms with Crippen molar-refractivity contribution < 1.29 is 50.1 Å². The number of aromatic carboxylic acids is 3. The van der Waals surface area contributed by atoms with Crippen LogP contribution in [-0.2, 0) is 0 Å². The summed E-state index contributed by atoms with van der Waals surface area (Å²) in [6.07, 6.45) is 3.22. The number of aromatic hydroxyl groups is 4. The molecular weight excluding hydrogens is 720 g/mol. The first kappa shape index (κ1) is 33.6. The zero-order chi connectivity index (χ0) is 39.2. The number of benzene rings is 4. The van der Waals surface area contributed by atoms with Crippen LogP contribution in [0.15, 0.2) is 84.9 Å². The predicted octanol–water partition coefficient (Wildman–Crippen LogP) is 7.87. The predicted molar refractivity (Wildman–Crippen MR) is 208 cm³/mol. The lowest BCUT2D eigenvalue weighted by atomic mass is 10.0. The molecule has 272 valence electrons. The number of aromatic nitrogens is 4. The molecule has 1 aliphatic heterocycles. The molecule has 8 N–H and O–H groups in total. The van der Waals surface area contributed by atoms with Gasteiger partial charge in [0.1, 0.15) is 22.5 Å². The first-order valence-corrected chi connectivity index (χ1v) is 16.8. The third-order valence-corrected chi connectivity index (χ3v) is 9.85. The molecule has 4 aromatic heterocycles. The molecule has 9 rings (SSSR count). The van der Waals surface area contributed by atoms with Crippen LogP contribution in [0.1, 0.15) is 42.5 Å². The van der Waals surface area contributed by atoms with Gasteiger partial charge in [-0.1, -0.05) is 12.1 Å². The molecule has 0 amide bonds. The molecule has 0 aliphatic carbocycles. The highest BCUT2D eigenvalue weighted by atomic mass is 16.4. The topological polar surface area (TPSA) is 247 Å². The summed E-state index contributed by atoms with van der Waals surface area (Å²) in [6.45, 7) is 0. The quantitative estimate of drug-likeness (QED) is 0.0632. The van der Waals surface area contributed by atoms with Crippen LogP contribution in [0, 0.1) is 0 Å². The van der Waals surface area contributed by atoms with Crippen molar-refractivity contribution in [1.82, 2.24) is 19.9 Å². The highest BCUT2D eigenvalue weighted by molar-refractivity contribution is 6.14. The smallest absolute Gasteiger partial charge is 0.335 e. The van der Waals surface area contributed by atoms with Gasteiger partial charge in [-0.3, -0.25) is 0 Å². The number of nitrogens with one attached hydrogen (secondary N) is 1. The first-order chi connectivity index (χ1) is 26.9. The van der Waals surface area contributed by atoms with Crippen molar-refractivity contribution in [3.05, 3.63) is 113 Å². The molecule has 5 heterocycles.